The number of aromatic hydroxyl groups is 1. The van der Waals surface area contributed by atoms with Gasteiger partial charge in [-0.25, -0.2) is 0 Å². The predicted molar refractivity (Wildman–Crippen MR) is 99.8 cm³/mol. The Morgan fingerprint density at radius 3 is 2.36 bits per heavy atom. The summed E-state index contributed by atoms with van der Waals surface area (Å²) in [5.41, 5.74) is 4.34. The Morgan fingerprint density at radius 1 is 0.920 bits per heavy atom. The van der Waals surface area contributed by atoms with Crippen LogP contribution < -0.4 is 4.74 Å². The summed E-state index contributed by atoms with van der Waals surface area (Å²) in [6.07, 6.45) is 2.95. The molecule has 3 rings (SSSR count). The summed E-state index contributed by atoms with van der Waals surface area (Å²) in [6, 6.07) is 11.4. The number of hydrogen-bond acceptors (Lipinski definition) is 4. The molecule has 1 aliphatic rings. The minimum absolute atomic E-state index is 0.00992. The third-order valence-corrected chi connectivity index (χ3v) is 4.38. The molecular weight excluding hydrogens is 340 g/mol. The van der Waals surface area contributed by atoms with E-state index in [4.69, 9.17) is 26.6 Å². The zero-order valence-electron chi connectivity index (χ0n) is 14.2. The second-order valence-electron chi connectivity index (χ2n) is 5.79. The number of fused-ring (bicyclic) bond motifs is 1. The smallest absolute Gasteiger partial charge is 0.122 e. The Balaban J connectivity index is 0.000000181. The number of phenols is 1. The Hall–Kier alpha value is -1.75. The van der Waals surface area contributed by atoms with Crippen molar-refractivity contribution in [2.75, 3.05) is 25.7 Å². The van der Waals surface area contributed by atoms with Crippen LogP contribution in [0.25, 0.3) is 0 Å². The van der Waals surface area contributed by atoms with Crippen LogP contribution in [0.1, 0.15) is 22.3 Å². The molecule has 0 amide bonds. The van der Waals surface area contributed by atoms with Crippen LogP contribution in [0.3, 0.4) is 0 Å². The lowest BCUT2D eigenvalue weighted by Gasteiger charge is -2.08. The Labute approximate surface area is 153 Å². The fourth-order valence-electron chi connectivity index (χ4n) is 3.01. The minimum Gasteiger partial charge on any atom is -0.508 e. The number of aliphatic hydroxyl groups excluding tert-OH is 2. The van der Waals surface area contributed by atoms with Crippen LogP contribution in [-0.4, -0.2) is 41.0 Å². The van der Waals surface area contributed by atoms with Crippen LogP contribution in [0, 0.1) is 0 Å². The van der Waals surface area contributed by atoms with Gasteiger partial charge in [0.05, 0.1) is 6.61 Å². The first kappa shape index (κ1) is 19.6. The Kier molecular flexibility index (Phi) is 8.06. The van der Waals surface area contributed by atoms with E-state index in [2.05, 4.69) is 6.07 Å². The van der Waals surface area contributed by atoms with Crippen molar-refractivity contribution in [3.8, 4) is 11.5 Å². The highest BCUT2D eigenvalue weighted by Gasteiger charge is 2.14. The molecule has 0 saturated heterocycles. The molecule has 5 heteroatoms. The number of aryl methyl sites for hydroxylation is 1. The van der Waals surface area contributed by atoms with Crippen molar-refractivity contribution in [1.82, 2.24) is 0 Å². The Bertz CT molecular complexity index is 673. The quantitative estimate of drug-likeness (QED) is 0.689. The van der Waals surface area contributed by atoms with Crippen LogP contribution in [0.15, 0.2) is 36.4 Å². The largest absolute Gasteiger partial charge is 0.508 e. The number of hydrogen-bond donors (Lipinski definition) is 3. The van der Waals surface area contributed by atoms with Gasteiger partial charge in [0.1, 0.15) is 11.5 Å². The van der Waals surface area contributed by atoms with E-state index in [0.29, 0.717) is 18.7 Å². The van der Waals surface area contributed by atoms with Crippen LogP contribution >= 0.6 is 11.6 Å². The highest BCUT2D eigenvalue weighted by atomic mass is 35.5. The molecule has 2 aromatic carbocycles. The highest BCUT2D eigenvalue weighted by Crippen LogP contribution is 2.28. The van der Waals surface area contributed by atoms with E-state index < -0.39 is 0 Å². The van der Waals surface area contributed by atoms with E-state index in [0.717, 1.165) is 36.3 Å². The molecule has 0 aliphatic carbocycles. The lowest BCUT2D eigenvalue weighted by Crippen LogP contribution is -2.00. The van der Waals surface area contributed by atoms with Crippen molar-refractivity contribution in [3.63, 3.8) is 0 Å². The zero-order valence-corrected chi connectivity index (χ0v) is 15.0. The second-order valence-corrected chi connectivity index (χ2v) is 6.17. The summed E-state index contributed by atoms with van der Waals surface area (Å²) in [7, 11) is 0. The van der Waals surface area contributed by atoms with Gasteiger partial charge in [0.2, 0.25) is 0 Å². The topological polar surface area (TPSA) is 69.9 Å². The number of phenolic OH excluding ortho intramolecular Hbond substituents is 1. The molecule has 0 aromatic heterocycles. The van der Waals surface area contributed by atoms with Gasteiger partial charge < -0.3 is 20.1 Å². The predicted octanol–water partition coefficient (Wildman–Crippen LogP) is 2.86. The maximum Gasteiger partial charge on any atom is 0.122 e. The lowest BCUT2D eigenvalue weighted by molar-refractivity contribution is 0.291. The maximum absolute atomic E-state index is 9.46. The summed E-state index contributed by atoms with van der Waals surface area (Å²) in [5, 5.41) is 27.0. The van der Waals surface area contributed by atoms with Crippen molar-refractivity contribution in [2.24, 2.45) is 0 Å². The fourth-order valence-corrected chi connectivity index (χ4v) is 3.21. The summed E-state index contributed by atoms with van der Waals surface area (Å²) in [4.78, 5) is 0. The molecule has 0 atom stereocenters. The molecule has 0 bridgehead atoms. The number of benzene rings is 2. The van der Waals surface area contributed by atoms with E-state index in [-0.39, 0.29) is 19.0 Å². The first-order valence-electron chi connectivity index (χ1n) is 8.52. The van der Waals surface area contributed by atoms with E-state index in [1.165, 1.54) is 11.1 Å². The van der Waals surface area contributed by atoms with Gasteiger partial charge >= 0.3 is 0 Å². The number of ether oxygens (including phenoxy) is 1. The van der Waals surface area contributed by atoms with Gasteiger partial charge in [-0.3, -0.25) is 0 Å². The monoisotopic (exact) mass is 364 g/mol. The number of alkyl halides is 1. The van der Waals surface area contributed by atoms with Gasteiger partial charge in [-0.15, -0.1) is 11.6 Å². The fraction of sp³-hybridized carbons (Fsp3) is 0.400. The van der Waals surface area contributed by atoms with E-state index in [9.17, 15) is 5.11 Å². The van der Waals surface area contributed by atoms with Crippen LogP contribution in [0.4, 0.5) is 0 Å². The Morgan fingerprint density at radius 2 is 1.64 bits per heavy atom. The first-order chi connectivity index (χ1) is 12.2. The molecular formula is C20H25ClO4. The molecule has 3 N–H and O–H groups in total. The number of halogens is 1. The van der Waals surface area contributed by atoms with Gasteiger partial charge in [0.15, 0.2) is 0 Å². The number of rotatable bonds is 6. The molecule has 4 nitrogen and oxygen atoms in total. The standard InChI is InChI=1S/C10H11ClO.C10H14O3/c11-6-4-8-2-1-3-10-9(8)5-7-12-10;11-6-4-8-2-1-3-10(13)9(8)5-7-12/h1-3H,4-7H2;1-3,11-13H,4-7H2. The average Bonchev–Trinajstić information content (AvgIpc) is 3.09. The van der Waals surface area contributed by atoms with Crippen LogP contribution in [0.5, 0.6) is 11.5 Å². The third kappa shape index (κ3) is 5.36. The maximum atomic E-state index is 9.46. The molecule has 1 heterocycles. The normalized spacial score (nSPS) is 12.1. The summed E-state index contributed by atoms with van der Waals surface area (Å²) in [6.45, 7) is 0.895. The molecule has 0 fully saturated rings. The molecule has 0 unspecified atom stereocenters. The van der Waals surface area contributed by atoms with Gasteiger partial charge in [-0.1, -0.05) is 24.3 Å². The molecule has 25 heavy (non-hydrogen) atoms. The van der Waals surface area contributed by atoms with Crippen molar-refractivity contribution < 1.29 is 20.1 Å². The molecule has 0 radical (unpaired) electrons. The molecule has 136 valence electrons. The SMILES string of the molecule is ClCCc1cccc2c1CCO2.OCCc1cccc(O)c1CCO. The molecule has 2 aromatic rings. The summed E-state index contributed by atoms with van der Waals surface area (Å²) >= 11 is 5.70. The van der Waals surface area contributed by atoms with E-state index in [1.54, 1.807) is 12.1 Å². The zero-order chi connectivity index (χ0) is 18.1. The summed E-state index contributed by atoms with van der Waals surface area (Å²) < 4.78 is 5.44. The average molecular weight is 365 g/mol. The second kappa shape index (κ2) is 10.3. The van der Waals surface area contributed by atoms with Crippen molar-refractivity contribution in [3.05, 3.63) is 58.7 Å². The van der Waals surface area contributed by atoms with Crippen molar-refractivity contribution in [1.29, 1.82) is 0 Å². The van der Waals surface area contributed by atoms with Crippen LogP contribution in [-0.2, 0) is 25.7 Å². The van der Waals surface area contributed by atoms with Gasteiger partial charge in [-0.2, -0.15) is 0 Å². The van der Waals surface area contributed by atoms with E-state index in [1.807, 2.05) is 18.2 Å². The lowest BCUT2D eigenvalue weighted by atomic mass is 10.0. The van der Waals surface area contributed by atoms with Gasteiger partial charge in [-0.05, 0) is 48.1 Å². The summed E-state index contributed by atoms with van der Waals surface area (Å²) in [5.74, 6) is 1.94. The van der Waals surface area contributed by atoms with Gasteiger partial charge in [0.25, 0.3) is 0 Å². The first-order valence-corrected chi connectivity index (χ1v) is 9.05. The van der Waals surface area contributed by atoms with Crippen molar-refractivity contribution in [2.45, 2.75) is 25.7 Å². The van der Waals surface area contributed by atoms with Crippen molar-refractivity contribution >= 4 is 11.6 Å². The van der Waals surface area contributed by atoms with E-state index >= 15 is 0 Å². The van der Waals surface area contributed by atoms with Crippen LogP contribution in [0.2, 0.25) is 0 Å². The minimum atomic E-state index is 0.00992. The highest BCUT2D eigenvalue weighted by molar-refractivity contribution is 6.18. The molecule has 0 saturated carbocycles. The van der Waals surface area contributed by atoms with Gasteiger partial charge in [0, 0.05) is 31.1 Å². The molecule has 0 spiro atoms. The molecule has 1 aliphatic heterocycles. The third-order valence-electron chi connectivity index (χ3n) is 4.19. The number of aliphatic hydroxyl groups is 2.